The van der Waals surface area contributed by atoms with E-state index >= 15 is 0 Å². The van der Waals surface area contributed by atoms with Gasteiger partial charge in [-0.25, -0.2) is 13.2 Å². The number of carbonyl (C=O) groups is 1. The summed E-state index contributed by atoms with van der Waals surface area (Å²) in [5, 5.41) is 0.434. The van der Waals surface area contributed by atoms with E-state index in [2.05, 4.69) is 4.74 Å². The predicted molar refractivity (Wildman–Crippen MR) is 75.0 cm³/mol. The molecule has 106 valence electrons. The van der Waals surface area contributed by atoms with Crippen LogP contribution >= 0.6 is 11.6 Å². The Morgan fingerprint density at radius 2 is 2.00 bits per heavy atom. The van der Waals surface area contributed by atoms with E-state index in [4.69, 9.17) is 11.6 Å². The van der Waals surface area contributed by atoms with E-state index in [9.17, 15) is 13.2 Å². The van der Waals surface area contributed by atoms with Crippen molar-refractivity contribution in [3.63, 3.8) is 0 Å². The molecule has 7 heteroatoms. The van der Waals surface area contributed by atoms with Gasteiger partial charge in [0.25, 0.3) is 0 Å². The van der Waals surface area contributed by atoms with Crippen LogP contribution in [-0.4, -0.2) is 33.8 Å². The normalized spacial score (nSPS) is 12.9. The standard InChI is InChI=1S/C12H16ClNO4S/c1-8-5-6-10(7-11(8)13)14(19(4,16)17)9(2)12(15)18-3/h5-7,9H,1-4H3. The summed E-state index contributed by atoms with van der Waals surface area (Å²) >= 11 is 5.99. The molecule has 0 aliphatic rings. The maximum atomic E-state index is 11.9. The second-order valence-electron chi connectivity index (χ2n) is 4.19. The van der Waals surface area contributed by atoms with Gasteiger partial charge in [-0.1, -0.05) is 17.7 Å². The van der Waals surface area contributed by atoms with E-state index in [1.54, 1.807) is 19.1 Å². The van der Waals surface area contributed by atoms with Crippen molar-refractivity contribution in [2.75, 3.05) is 17.7 Å². The van der Waals surface area contributed by atoms with Gasteiger partial charge < -0.3 is 4.74 Å². The number of benzene rings is 1. The van der Waals surface area contributed by atoms with E-state index < -0.39 is 22.0 Å². The maximum Gasteiger partial charge on any atom is 0.329 e. The van der Waals surface area contributed by atoms with E-state index in [1.807, 2.05) is 0 Å². The second kappa shape index (κ2) is 5.79. The third-order valence-corrected chi connectivity index (χ3v) is 4.31. The van der Waals surface area contributed by atoms with Crippen molar-refractivity contribution in [1.82, 2.24) is 0 Å². The van der Waals surface area contributed by atoms with Crippen LogP contribution < -0.4 is 4.31 Å². The van der Waals surface area contributed by atoms with Crippen LogP contribution in [0.25, 0.3) is 0 Å². The Labute approximate surface area is 118 Å². The lowest BCUT2D eigenvalue weighted by Crippen LogP contribution is -2.43. The Balaban J connectivity index is 3.33. The molecule has 0 saturated carbocycles. The minimum Gasteiger partial charge on any atom is -0.467 e. The molecular weight excluding hydrogens is 290 g/mol. The molecule has 0 saturated heterocycles. The summed E-state index contributed by atoms with van der Waals surface area (Å²) in [7, 11) is -2.42. The first kappa shape index (κ1) is 15.8. The third kappa shape index (κ3) is 3.61. The van der Waals surface area contributed by atoms with Crippen molar-refractivity contribution in [2.45, 2.75) is 19.9 Å². The van der Waals surface area contributed by atoms with Crippen molar-refractivity contribution in [1.29, 1.82) is 0 Å². The van der Waals surface area contributed by atoms with Crippen molar-refractivity contribution in [2.24, 2.45) is 0 Å². The number of carbonyl (C=O) groups excluding carboxylic acids is 1. The third-order valence-electron chi connectivity index (χ3n) is 2.66. The lowest BCUT2D eigenvalue weighted by Gasteiger charge is -2.27. The highest BCUT2D eigenvalue weighted by Crippen LogP contribution is 2.26. The Kier molecular flexibility index (Phi) is 4.81. The molecule has 0 heterocycles. The van der Waals surface area contributed by atoms with Crippen LogP contribution in [0.4, 0.5) is 5.69 Å². The highest BCUT2D eigenvalue weighted by atomic mass is 35.5. The van der Waals surface area contributed by atoms with Gasteiger partial charge in [0.2, 0.25) is 10.0 Å². The first-order valence-electron chi connectivity index (χ1n) is 5.52. The van der Waals surface area contributed by atoms with Gasteiger partial charge in [0.1, 0.15) is 6.04 Å². The van der Waals surface area contributed by atoms with Crippen LogP contribution in [0.15, 0.2) is 18.2 Å². The minimum atomic E-state index is -3.63. The Hall–Kier alpha value is -1.27. The molecular formula is C12H16ClNO4S. The summed E-state index contributed by atoms with van der Waals surface area (Å²) in [6.45, 7) is 3.27. The lowest BCUT2D eigenvalue weighted by molar-refractivity contribution is -0.141. The molecule has 0 spiro atoms. The van der Waals surface area contributed by atoms with Crippen LogP contribution in [0.3, 0.4) is 0 Å². The molecule has 1 aromatic carbocycles. The topological polar surface area (TPSA) is 63.7 Å². The molecule has 0 aromatic heterocycles. The van der Waals surface area contributed by atoms with Gasteiger partial charge in [-0.2, -0.15) is 0 Å². The fourth-order valence-corrected chi connectivity index (χ4v) is 3.02. The van der Waals surface area contributed by atoms with E-state index in [0.29, 0.717) is 10.7 Å². The Bertz CT molecular complexity index is 585. The fourth-order valence-electron chi connectivity index (χ4n) is 1.69. The predicted octanol–water partition coefficient (Wildman–Crippen LogP) is 1.98. The lowest BCUT2D eigenvalue weighted by atomic mass is 10.2. The van der Waals surface area contributed by atoms with Gasteiger partial charge in [-0.15, -0.1) is 0 Å². The molecule has 0 radical (unpaired) electrons. The number of hydrogen-bond donors (Lipinski definition) is 0. The number of esters is 1. The summed E-state index contributed by atoms with van der Waals surface area (Å²) < 4.78 is 29.3. The summed E-state index contributed by atoms with van der Waals surface area (Å²) in [5.41, 5.74) is 1.15. The molecule has 1 unspecified atom stereocenters. The quantitative estimate of drug-likeness (QED) is 0.798. The van der Waals surface area contributed by atoms with E-state index in [0.717, 1.165) is 16.1 Å². The van der Waals surface area contributed by atoms with Crippen molar-refractivity contribution >= 4 is 33.3 Å². The van der Waals surface area contributed by atoms with Crippen LogP contribution in [0.1, 0.15) is 12.5 Å². The SMILES string of the molecule is COC(=O)C(C)N(c1ccc(C)c(Cl)c1)S(C)(=O)=O. The monoisotopic (exact) mass is 305 g/mol. The molecule has 1 atom stereocenters. The summed E-state index contributed by atoms with van der Waals surface area (Å²) in [4.78, 5) is 11.6. The summed E-state index contributed by atoms with van der Waals surface area (Å²) in [6.07, 6.45) is 1.03. The first-order chi connectivity index (χ1) is 8.68. The van der Waals surface area contributed by atoms with E-state index in [-0.39, 0.29) is 0 Å². The molecule has 19 heavy (non-hydrogen) atoms. The zero-order valence-corrected chi connectivity index (χ0v) is 12.7. The number of hydrogen-bond acceptors (Lipinski definition) is 4. The molecule has 0 fully saturated rings. The molecule has 0 amide bonds. The number of sulfonamides is 1. The largest absolute Gasteiger partial charge is 0.467 e. The maximum absolute atomic E-state index is 11.9. The number of methoxy groups -OCH3 is 1. The molecule has 0 aliphatic heterocycles. The molecule has 0 aliphatic carbocycles. The molecule has 1 rings (SSSR count). The van der Waals surface area contributed by atoms with Crippen LogP contribution in [0.2, 0.25) is 5.02 Å². The average molecular weight is 306 g/mol. The second-order valence-corrected chi connectivity index (χ2v) is 6.46. The van der Waals surface area contributed by atoms with Crippen molar-refractivity contribution in [3.05, 3.63) is 28.8 Å². The Morgan fingerprint density at radius 1 is 1.42 bits per heavy atom. The van der Waals surface area contributed by atoms with Gasteiger partial charge in [-0.3, -0.25) is 4.31 Å². The van der Waals surface area contributed by atoms with Crippen molar-refractivity contribution < 1.29 is 17.9 Å². The number of aryl methyl sites for hydroxylation is 1. The minimum absolute atomic E-state index is 0.330. The molecule has 0 bridgehead atoms. The zero-order valence-electron chi connectivity index (χ0n) is 11.2. The van der Waals surface area contributed by atoms with Gasteiger partial charge >= 0.3 is 5.97 Å². The van der Waals surface area contributed by atoms with Gasteiger partial charge in [-0.05, 0) is 31.5 Å². The number of ether oxygens (including phenoxy) is 1. The number of halogens is 1. The molecule has 0 N–H and O–H groups in total. The van der Waals surface area contributed by atoms with Gasteiger partial charge in [0.15, 0.2) is 0 Å². The highest BCUT2D eigenvalue weighted by Gasteiger charge is 2.29. The van der Waals surface area contributed by atoms with Crippen molar-refractivity contribution in [3.8, 4) is 0 Å². The highest BCUT2D eigenvalue weighted by molar-refractivity contribution is 7.92. The van der Waals surface area contributed by atoms with E-state index in [1.165, 1.54) is 20.1 Å². The molecule has 1 aromatic rings. The van der Waals surface area contributed by atoms with Crippen LogP contribution in [0.5, 0.6) is 0 Å². The number of rotatable bonds is 4. The summed E-state index contributed by atoms with van der Waals surface area (Å²) in [6, 6.07) is 3.85. The fraction of sp³-hybridized carbons (Fsp3) is 0.417. The Morgan fingerprint density at radius 3 is 2.42 bits per heavy atom. The van der Waals surface area contributed by atoms with Gasteiger partial charge in [0.05, 0.1) is 19.1 Å². The zero-order chi connectivity index (χ0) is 14.8. The first-order valence-corrected chi connectivity index (χ1v) is 7.74. The van der Waals surface area contributed by atoms with Crippen LogP contribution in [-0.2, 0) is 19.6 Å². The smallest absolute Gasteiger partial charge is 0.329 e. The van der Waals surface area contributed by atoms with Gasteiger partial charge in [0, 0.05) is 5.02 Å². The number of anilines is 1. The van der Waals surface area contributed by atoms with Crippen LogP contribution in [0, 0.1) is 6.92 Å². The number of nitrogens with zero attached hydrogens (tertiary/aromatic N) is 1. The summed E-state index contributed by atoms with van der Waals surface area (Å²) in [5.74, 6) is -0.637. The average Bonchev–Trinajstić information content (AvgIpc) is 2.31. The molecule has 5 nitrogen and oxygen atoms in total.